The van der Waals surface area contributed by atoms with E-state index >= 15 is 0 Å². The Morgan fingerprint density at radius 1 is 0.611 bits per heavy atom. The summed E-state index contributed by atoms with van der Waals surface area (Å²) >= 11 is 0. The number of hydrogen-bond donors (Lipinski definition) is 2. The van der Waals surface area contributed by atoms with Crippen LogP contribution in [0.5, 0.6) is 11.5 Å². The Morgan fingerprint density at radius 2 is 1.03 bits per heavy atom. The van der Waals surface area contributed by atoms with Crippen LogP contribution in [0.25, 0.3) is 66.9 Å². The van der Waals surface area contributed by atoms with Crippen LogP contribution in [-0.2, 0) is 35.7 Å². The zero-order valence-electron chi connectivity index (χ0n) is 41.5. The van der Waals surface area contributed by atoms with Crippen molar-refractivity contribution in [2.45, 2.75) is 66.7 Å². The van der Waals surface area contributed by atoms with Crippen LogP contribution in [0.3, 0.4) is 0 Å². The molecule has 6 aromatic heterocycles. The van der Waals surface area contributed by atoms with Crippen molar-refractivity contribution in [3.05, 3.63) is 83.5 Å². The molecule has 10 rings (SSSR count). The Hall–Kier alpha value is -7.26. The van der Waals surface area contributed by atoms with Crippen LogP contribution in [0.4, 0.5) is 0 Å². The minimum Gasteiger partial charge on any atom is -0.491 e. The maximum absolute atomic E-state index is 12.9. The van der Waals surface area contributed by atoms with Crippen LogP contribution < -0.4 is 20.9 Å². The Bertz CT molecular complexity index is 3100. The lowest BCUT2D eigenvalue weighted by molar-refractivity contribution is 0.0357. The summed E-state index contributed by atoms with van der Waals surface area (Å²) in [5.41, 5.74) is 18.7. The summed E-state index contributed by atoms with van der Waals surface area (Å²) < 4.78 is 32.3. The number of aryl methyl sites for hydroxylation is 4. The van der Waals surface area contributed by atoms with E-state index in [1.165, 1.54) is 0 Å². The first kappa shape index (κ1) is 48.4. The van der Waals surface area contributed by atoms with E-state index in [-0.39, 0.29) is 0 Å². The Balaban J connectivity index is 1.06. The molecule has 0 aliphatic carbocycles. The summed E-state index contributed by atoms with van der Waals surface area (Å²) in [6.45, 7) is 18.9. The number of rotatable bonds is 20. The highest BCUT2D eigenvalue weighted by Gasteiger charge is 2.24. The van der Waals surface area contributed by atoms with Gasteiger partial charge in [0.25, 0.3) is 0 Å². The van der Waals surface area contributed by atoms with Crippen molar-refractivity contribution in [1.82, 2.24) is 58.4 Å². The van der Waals surface area contributed by atoms with Gasteiger partial charge >= 0.3 is 0 Å². The predicted octanol–water partition coefficient (Wildman–Crippen LogP) is 5.52. The second-order valence-corrected chi connectivity index (χ2v) is 18.3. The molecule has 0 saturated carbocycles. The molecule has 8 heterocycles. The third-order valence-electron chi connectivity index (χ3n) is 13.5. The average molecular weight is 979 g/mol. The van der Waals surface area contributed by atoms with Gasteiger partial charge in [0.15, 0.2) is 11.6 Å². The molecule has 2 amide bonds. The molecule has 20 nitrogen and oxygen atoms in total. The van der Waals surface area contributed by atoms with Gasteiger partial charge in [0, 0.05) is 111 Å². The van der Waals surface area contributed by atoms with Gasteiger partial charge in [0.2, 0.25) is 11.8 Å². The van der Waals surface area contributed by atoms with Crippen LogP contribution in [0, 0.1) is 13.8 Å². The fourth-order valence-electron chi connectivity index (χ4n) is 9.92. The minimum atomic E-state index is -0.563. The number of primary amides is 2. The molecule has 376 valence electrons. The van der Waals surface area contributed by atoms with Crippen molar-refractivity contribution in [3.63, 3.8) is 0 Å². The molecular formula is C52H62N14O6. The SMILES string of the molecule is CCn1nc(C)cc1-c1ncc2c3cc(C(N)=O)cc(OCCCN4CCOCC4)c3n(C/C=C/Cn3c4nc(-c5cc(C)nn5CC)ncc4c4cc(C(N)=O)cc(OCCCN5CCOCC5)c43)c2n1. The van der Waals surface area contributed by atoms with E-state index in [2.05, 4.69) is 41.3 Å². The first-order valence-electron chi connectivity index (χ1n) is 24.9. The maximum atomic E-state index is 12.9. The molecule has 0 spiro atoms. The van der Waals surface area contributed by atoms with Gasteiger partial charge in [-0.15, -0.1) is 0 Å². The summed E-state index contributed by atoms with van der Waals surface area (Å²) in [6, 6.07) is 11.0. The number of benzene rings is 2. The van der Waals surface area contributed by atoms with Crippen LogP contribution in [-0.4, -0.2) is 149 Å². The molecule has 72 heavy (non-hydrogen) atoms. The zero-order valence-corrected chi connectivity index (χ0v) is 41.5. The number of carbonyl (C=O) groups excluding carboxylic acids is 2. The summed E-state index contributed by atoms with van der Waals surface area (Å²) in [4.78, 5) is 50.6. The minimum absolute atomic E-state index is 0.326. The van der Waals surface area contributed by atoms with Gasteiger partial charge in [-0.25, -0.2) is 19.9 Å². The number of fused-ring (bicyclic) bond motifs is 6. The molecule has 2 aliphatic heterocycles. The zero-order chi connectivity index (χ0) is 49.9. The first-order chi connectivity index (χ1) is 35.1. The second-order valence-electron chi connectivity index (χ2n) is 18.3. The molecule has 4 N–H and O–H groups in total. The monoisotopic (exact) mass is 978 g/mol. The van der Waals surface area contributed by atoms with Crippen LogP contribution >= 0.6 is 0 Å². The first-order valence-corrected chi connectivity index (χ1v) is 24.9. The van der Waals surface area contributed by atoms with E-state index in [1.807, 2.05) is 49.2 Å². The average Bonchev–Trinajstić information content (AvgIpc) is 4.15. The summed E-state index contributed by atoms with van der Waals surface area (Å²) in [5.74, 6) is 0.973. The van der Waals surface area contributed by atoms with Gasteiger partial charge < -0.3 is 39.5 Å². The highest BCUT2D eigenvalue weighted by molar-refractivity contribution is 6.13. The third-order valence-corrected chi connectivity index (χ3v) is 13.5. The fraction of sp³-hybridized carbons (Fsp3) is 0.423. The number of allylic oxidation sites excluding steroid dienone is 2. The molecule has 20 heteroatoms. The number of aromatic nitrogens is 10. The predicted molar refractivity (Wildman–Crippen MR) is 274 cm³/mol. The quantitative estimate of drug-likeness (QED) is 0.0709. The number of amides is 2. The number of nitrogens with zero attached hydrogens (tertiary/aromatic N) is 12. The summed E-state index contributed by atoms with van der Waals surface area (Å²) in [6.07, 6.45) is 9.33. The van der Waals surface area contributed by atoms with Crippen LogP contribution in [0.2, 0.25) is 0 Å². The Morgan fingerprint density at radius 3 is 1.42 bits per heavy atom. The molecule has 2 aromatic carbocycles. The van der Waals surface area contributed by atoms with E-state index in [0.717, 1.165) is 134 Å². The third kappa shape index (κ3) is 9.86. The van der Waals surface area contributed by atoms with Crippen molar-refractivity contribution < 1.29 is 28.5 Å². The van der Waals surface area contributed by atoms with Crippen molar-refractivity contribution in [3.8, 4) is 34.5 Å². The van der Waals surface area contributed by atoms with Gasteiger partial charge in [0.1, 0.15) is 34.2 Å². The molecule has 8 aromatic rings. The van der Waals surface area contributed by atoms with E-state index in [1.54, 1.807) is 36.7 Å². The van der Waals surface area contributed by atoms with E-state index in [4.69, 9.17) is 50.4 Å². The van der Waals surface area contributed by atoms with Crippen molar-refractivity contribution in [1.29, 1.82) is 0 Å². The lowest BCUT2D eigenvalue weighted by Crippen LogP contribution is -2.37. The van der Waals surface area contributed by atoms with Crippen molar-refractivity contribution in [2.24, 2.45) is 11.5 Å². The molecule has 2 aliphatic rings. The van der Waals surface area contributed by atoms with Crippen molar-refractivity contribution >= 4 is 55.7 Å². The highest BCUT2D eigenvalue weighted by Crippen LogP contribution is 2.38. The standard InChI is InChI=1S/C52H62N14O6/c1-5-65-41(25-33(3)59-65)49-55-31-39-37-27-35(47(53)67)29-43(71-19-9-11-61-15-21-69-22-16-61)45(37)63(51(39)57-49)13-7-8-14-64-46-38(40-32-56-50(58-52(40)64)42-26-34(4)60-66(42)6-2)28-36(48(54)68)30-44(46)72-20-10-12-62-17-23-70-24-18-62/h7-8,25-32H,5-6,9-24H2,1-4H3,(H2,53,67)(H2,54,68)/b8-7+. The molecule has 2 fully saturated rings. The smallest absolute Gasteiger partial charge is 0.248 e. The summed E-state index contributed by atoms with van der Waals surface area (Å²) in [7, 11) is 0. The topological polar surface area (TPSA) is 227 Å². The van der Waals surface area contributed by atoms with Gasteiger partial charge in [-0.1, -0.05) is 12.2 Å². The van der Waals surface area contributed by atoms with Crippen LogP contribution in [0.1, 0.15) is 58.8 Å². The van der Waals surface area contributed by atoms with Crippen LogP contribution in [0.15, 0.2) is 60.9 Å². The lowest BCUT2D eigenvalue weighted by atomic mass is 10.1. The van der Waals surface area contributed by atoms with Gasteiger partial charge in [-0.2, -0.15) is 10.2 Å². The van der Waals surface area contributed by atoms with Gasteiger partial charge in [0.05, 0.1) is 62.1 Å². The number of morpholine rings is 2. The second kappa shape index (κ2) is 21.2. The molecule has 0 bridgehead atoms. The molecular weight excluding hydrogens is 917 g/mol. The number of carbonyl (C=O) groups is 2. The molecule has 0 unspecified atom stereocenters. The van der Waals surface area contributed by atoms with Gasteiger partial charge in [-0.3, -0.25) is 28.8 Å². The normalized spacial score (nSPS) is 15.0. The lowest BCUT2D eigenvalue weighted by Gasteiger charge is -2.26. The number of hydrogen-bond acceptors (Lipinski definition) is 14. The highest BCUT2D eigenvalue weighted by atomic mass is 16.5. The van der Waals surface area contributed by atoms with E-state index in [0.29, 0.717) is 85.0 Å². The van der Waals surface area contributed by atoms with Gasteiger partial charge in [-0.05, 0) is 76.9 Å². The molecule has 0 atom stereocenters. The largest absolute Gasteiger partial charge is 0.491 e. The summed E-state index contributed by atoms with van der Waals surface area (Å²) in [5, 5.41) is 12.3. The van der Waals surface area contributed by atoms with E-state index in [9.17, 15) is 9.59 Å². The Labute approximate surface area is 416 Å². The van der Waals surface area contributed by atoms with E-state index < -0.39 is 11.8 Å². The molecule has 2 saturated heterocycles. The number of nitrogens with two attached hydrogens (primary N) is 2. The Kier molecular flexibility index (Phi) is 14.3. The molecule has 0 radical (unpaired) electrons. The fourth-order valence-corrected chi connectivity index (χ4v) is 9.92. The number of ether oxygens (including phenoxy) is 4. The maximum Gasteiger partial charge on any atom is 0.248 e. The van der Waals surface area contributed by atoms with Crippen molar-refractivity contribution in [2.75, 3.05) is 78.9 Å².